The van der Waals surface area contributed by atoms with E-state index >= 15 is 0 Å². The minimum atomic E-state index is -0.466. The van der Waals surface area contributed by atoms with Crippen molar-refractivity contribution in [3.05, 3.63) is 51.6 Å². The lowest BCUT2D eigenvalue weighted by molar-refractivity contribution is -0.129. The number of ether oxygens (including phenoxy) is 2. The van der Waals surface area contributed by atoms with Crippen LogP contribution in [0.25, 0.3) is 6.08 Å². The van der Waals surface area contributed by atoms with Gasteiger partial charge < -0.3 is 9.47 Å². The summed E-state index contributed by atoms with van der Waals surface area (Å²) in [5.74, 6) is 0.560. The van der Waals surface area contributed by atoms with Crippen LogP contribution in [-0.2, 0) is 9.53 Å². The quantitative estimate of drug-likeness (QED) is 0.646. The molecule has 0 aliphatic carbocycles. The summed E-state index contributed by atoms with van der Waals surface area (Å²) in [6.45, 7) is 1.91. The molecule has 0 saturated heterocycles. The highest BCUT2D eigenvalue weighted by Crippen LogP contribution is 2.21. The molecule has 2 aromatic rings. The van der Waals surface area contributed by atoms with Gasteiger partial charge in [0.05, 0.1) is 17.8 Å². The van der Waals surface area contributed by atoms with Crippen LogP contribution in [0.2, 0.25) is 0 Å². The van der Waals surface area contributed by atoms with Crippen molar-refractivity contribution in [1.82, 2.24) is 4.98 Å². The first-order valence-electron chi connectivity index (χ1n) is 6.25. The summed E-state index contributed by atoms with van der Waals surface area (Å²) >= 11 is 1.52. The molecule has 5 nitrogen and oxygen atoms in total. The summed E-state index contributed by atoms with van der Waals surface area (Å²) in [6.07, 6.45) is 1.63. The molecule has 1 aromatic heterocycles. The van der Waals surface area contributed by atoms with Crippen LogP contribution in [0, 0.1) is 6.92 Å². The van der Waals surface area contributed by atoms with Crippen LogP contribution in [-0.4, -0.2) is 24.0 Å². The van der Waals surface area contributed by atoms with Crippen LogP contribution < -0.4 is 4.74 Å². The van der Waals surface area contributed by atoms with Crippen LogP contribution in [0.1, 0.15) is 16.3 Å². The zero-order valence-corrected chi connectivity index (χ0v) is 12.3. The highest BCUT2D eigenvalue weighted by atomic mass is 32.1. The summed E-state index contributed by atoms with van der Waals surface area (Å²) in [5, 5.41) is 2.81. The number of aryl methyl sites for hydroxylation is 1. The van der Waals surface area contributed by atoms with Gasteiger partial charge in [-0.05, 0) is 37.3 Å². The monoisotopic (exact) mass is 300 g/mol. The third-order valence-corrected chi connectivity index (χ3v) is 3.67. The fourth-order valence-electron chi connectivity index (χ4n) is 1.85. The summed E-state index contributed by atoms with van der Waals surface area (Å²) in [4.78, 5) is 20.3. The molecule has 21 heavy (non-hydrogen) atoms. The lowest BCUT2D eigenvalue weighted by Gasteiger charge is -2.01. The Morgan fingerprint density at radius 1 is 1.29 bits per heavy atom. The molecule has 1 aliphatic rings. The molecule has 3 rings (SSSR count). The second-order valence-electron chi connectivity index (χ2n) is 4.36. The van der Waals surface area contributed by atoms with E-state index in [-0.39, 0.29) is 5.70 Å². The van der Waals surface area contributed by atoms with E-state index in [1.54, 1.807) is 37.5 Å². The topological polar surface area (TPSA) is 60.8 Å². The highest BCUT2D eigenvalue weighted by Gasteiger charge is 2.24. The van der Waals surface area contributed by atoms with Gasteiger partial charge in [-0.15, -0.1) is 11.3 Å². The van der Waals surface area contributed by atoms with E-state index in [0.717, 1.165) is 16.3 Å². The number of nitrogens with zero attached hydrogens (tertiary/aromatic N) is 2. The third kappa shape index (κ3) is 2.85. The summed E-state index contributed by atoms with van der Waals surface area (Å²) in [7, 11) is 1.60. The van der Waals surface area contributed by atoms with Gasteiger partial charge >= 0.3 is 5.97 Å². The molecule has 2 heterocycles. The molecule has 0 unspecified atom stereocenters. The van der Waals surface area contributed by atoms with Crippen molar-refractivity contribution in [2.24, 2.45) is 4.99 Å². The molecular formula is C15H12N2O3S. The number of aromatic nitrogens is 1. The lowest BCUT2D eigenvalue weighted by Crippen LogP contribution is -2.05. The zero-order chi connectivity index (χ0) is 14.8. The average molecular weight is 300 g/mol. The smallest absolute Gasteiger partial charge is 0.363 e. The number of rotatable bonds is 3. The van der Waals surface area contributed by atoms with E-state index in [9.17, 15) is 4.79 Å². The number of hydrogen-bond donors (Lipinski definition) is 0. The van der Waals surface area contributed by atoms with Gasteiger partial charge in [-0.3, -0.25) is 0 Å². The van der Waals surface area contributed by atoms with Crippen molar-refractivity contribution in [2.75, 3.05) is 7.11 Å². The van der Waals surface area contributed by atoms with Crippen LogP contribution in [0.4, 0.5) is 0 Å². The zero-order valence-electron chi connectivity index (χ0n) is 11.5. The number of aliphatic imine (C=N–C) groups is 1. The largest absolute Gasteiger partial charge is 0.497 e. The van der Waals surface area contributed by atoms with E-state index in [1.165, 1.54) is 11.3 Å². The predicted octanol–water partition coefficient (Wildman–Crippen LogP) is 2.80. The van der Waals surface area contributed by atoms with E-state index in [4.69, 9.17) is 9.47 Å². The van der Waals surface area contributed by atoms with E-state index in [1.807, 2.05) is 12.3 Å². The van der Waals surface area contributed by atoms with Gasteiger partial charge in [0.1, 0.15) is 5.75 Å². The molecule has 0 saturated carbocycles. The first kappa shape index (κ1) is 13.5. The Labute approximate surface area is 125 Å². The van der Waals surface area contributed by atoms with E-state index < -0.39 is 5.97 Å². The number of esters is 1. The number of benzene rings is 1. The number of thiazole rings is 1. The minimum Gasteiger partial charge on any atom is -0.497 e. The molecule has 0 amide bonds. The molecule has 6 heteroatoms. The van der Waals surface area contributed by atoms with Crippen molar-refractivity contribution >= 4 is 29.3 Å². The molecule has 0 radical (unpaired) electrons. The minimum absolute atomic E-state index is 0.256. The van der Waals surface area contributed by atoms with Gasteiger partial charge in [0.2, 0.25) is 5.90 Å². The molecule has 0 N–H and O–H groups in total. The van der Waals surface area contributed by atoms with Crippen molar-refractivity contribution in [2.45, 2.75) is 6.92 Å². The normalized spacial score (nSPS) is 16.0. The number of carbonyl (C=O) groups excluding carboxylic acids is 1. The Balaban J connectivity index is 1.89. The maximum absolute atomic E-state index is 11.8. The molecule has 106 valence electrons. The standard InChI is InChI=1S/C15H12N2O3S/c1-9-16-11(8-21-9)7-13-15(18)20-14(17-13)10-3-5-12(19-2)6-4-10/h3-8H,1-2H3/b13-7+. The van der Waals surface area contributed by atoms with Crippen LogP contribution in [0.3, 0.4) is 0 Å². The van der Waals surface area contributed by atoms with Gasteiger partial charge in [0.25, 0.3) is 0 Å². The van der Waals surface area contributed by atoms with Crippen LogP contribution in [0.15, 0.2) is 40.3 Å². The van der Waals surface area contributed by atoms with Gasteiger partial charge in [-0.25, -0.2) is 14.8 Å². The summed E-state index contributed by atoms with van der Waals surface area (Å²) in [6, 6.07) is 7.16. The average Bonchev–Trinajstić information content (AvgIpc) is 3.06. The SMILES string of the molecule is COc1ccc(C2=N/C(=C/c3csc(C)n3)C(=O)O2)cc1. The fourth-order valence-corrected chi connectivity index (χ4v) is 2.42. The van der Waals surface area contributed by atoms with Gasteiger partial charge in [-0.2, -0.15) is 0 Å². The Morgan fingerprint density at radius 3 is 2.67 bits per heavy atom. The maximum atomic E-state index is 11.8. The second kappa shape index (κ2) is 5.49. The van der Waals surface area contributed by atoms with E-state index in [0.29, 0.717) is 11.6 Å². The Bertz CT molecular complexity index is 745. The Hall–Kier alpha value is -2.47. The maximum Gasteiger partial charge on any atom is 0.363 e. The Morgan fingerprint density at radius 2 is 2.05 bits per heavy atom. The number of hydrogen-bond acceptors (Lipinski definition) is 6. The third-order valence-electron chi connectivity index (χ3n) is 2.88. The molecule has 0 fully saturated rings. The molecule has 0 bridgehead atoms. The molecular weight excluding hydrogens is 288 g/mol. The molecule has 1 aromatic carbocycles. The number of carbonyl (C=O) groups is 1. The van der Waals surface area contributed by atoms with Crippen molar-refractivity contribution in [3.63, 3.8) is 0 Å². The first-order chi connectivity index (χ1) is 10.2. The summed E-state index contributed by atoms with van der Waals surface area (Å²) in [5.41, 5.74) is 1.69. The van der Waals surface area contributed by atoms with Crippen molar-refractivity contribution in [1.29, 1.82) is 0 Å². The lowest BCUT2D eigenvalue weighted by atomic mass is 10.2. The van der Waals surface area contributed by atoms with Crippen LogP contribution >= 0.6 is 11.3 Å². The molecule has 1 aliphatic heterocycles. The fraction of sp³-hybridized carbons (Fsp3) is 0.133. The van der Waals surface area contributed by atoms with E-state index in [2.05, 4.69) is 9.98 Å². The molecule has 0 spiro atoms. The predicted molar refractivity (Wildman–Crippen MR) is 80.5 cm³/mol. The van der Waals surface area contributed by atoms with Crippen molar-refractivity contribution < 1.29 is 14.3 Å². The van der Waals surface area contributed by atoms with Gasteiger partial charge in [0, 0.05) is 10.9 Å². The number of methoxy groups -OCH3 is 1. The van der Waals surface area contributed by atoms with Gasteiger partial charge in [-0.1, -0.05) is 0 Å². The van der Waals surface area contributed by atoms with Gasteiger partial charge in [0.15, 0.2) is 5.70 Å². The van der Waals surface area contributed by atoms with Crippen molar-refractivity contribution in [3.8, 4) is 5.75 Å². The second-order valence-corrected chi connectivity index (χ2v) is 5.42. The number of cyclic esters (lactones) is 1. The highest BCUT2D eigenvalue weighted by molar-refractivity contribution is 7.09. The summed E-state index contributed by atoms with van der Waals surface area (Å²) < 4.78 is 10.3. The Kier molecular flexibility index (Phi) is 3.53. The first-order valence-corrected chi connectivity index (χ1v) is 7.13. The molecule has 0 atom stereocenters. The van der Waals surface area contributed by atoms with Crippen LogP contribution in [0.5, 0.6) is 5.75 Å².